The molecule has 0 unspecified atom stereocenters. The number of nitrogens with one attached hydrogen (secondary N) is 1. The molecule has 6 nitrogen and oxygen atoms in total. The first-order valence-electron chi connectivity index (χ1n) is 5.82. The maximum Gasteiger partial charge on any atom is 0.354 e. The van der Waals surface area contributed by atoms with Gasteiger partial charge in [0.05, 0.1) is 6.54 Å². The molecule has 0 saturated heterocycles. The second kappa shape index (κ2) is 5.75. The molecule has 0 aliphatic carbocycles. The van der Waals surface area contributed by atoms with Crippen LogP contribution >= 0.6 is 11.3 Å². The van der Waals surface area contributed by atoms with Gasteiger partial charge in [0.25, 0.3) is 0 Å². The van der Waals surface area contributed by atoms with Crippen LogP contribution in [0.2, 0.25) is 0 Å². The van der Waals surface area contributed by atoms with Gasteiger partial charge >= 0.3 is 5.97 Å². The first-order chi connectivity index (χ1) is 9.06. The number of aromatic carboxylic acids is 1. The van der Waals surface area contributed by atoms with Crippen molar-refractivity contribution in [2.75, 3.05) is 5.32 Å². The average molecular weight is 278 g/mol. The topological polar surface area (TPSA) is 88.0 Å². The van der Waals surface area contributed by atoms with E-state index in [1.54, 1.807) is 23.5 Å². The number of anilines is 1. The van der Waals surface area contributed by atoms with Crippen molar-refractivity contribution in [2.24, 2.45) is 0 Å². The summed E-state index contributed by atoms with van der Waals surface area (Å²) < 4.78 is 0. The molecule has 2 aromatic rings. The molecular formula is C12H14N4O2S. The summed E-state index contributed by atoms with van der Waals surface area (Å²) in [5.41, 5.74) is 0.0186. The van der Waals surface area contributed by atoms with Crippen molar-refractivity contribution in [2.45, 2.75) is 26.3 Å². The molecule has 0 atom stereocenters. The van der Waals surface area contributed by atoms with Crippen LogP contribution in [0.1, 0.15) is 40.3 Å². The van der Waals surface area contributed by atoms with E-state index in [1.165, 1.54) is 6.07 Å². The Morgan fingerprint density at radius 1 is 1.42 bits per heavy atom. The Kier molecular flexibility index (Phi) is 4.06. The van der Waals surface area contributed by atoms with Gasteiger partial charge in [0.1, 0.15) is 15.8 Å². The SMILES string of the molecule is CC(C)c1nnc(CNc2cccc(C(=O)O)n2)s1. The van der Waals surface area contributed by atoms with E-state index < -0.39 is 5.97 Å². The number of hydrogen-bond donors (Lipinski definition) is 2. The smallest absolute Gasteiger partial charge is 0.354 e. The summed E-state index contributed by atoms with van der Waals surface area (Å²) in [6, 6.07) is 4.82. The van der Waals surface area contributed by atoms with Crippen molar-refractivity contribution in [1.82, 2.24) is 15.2 Å². The molecule has 0 spiro atoms. The highest BCUT2D eigenvalue weighted by Gasteiger charge is 2.08. The van der Waals surface area contributed by atoms with Crippen molar-refractivity contribution >= 4 is 23.1 Å². The highest BCUT2D eigenvalue weighted by atomic mass is 32.1. The minimum Gasteiger partial charge on any atom is -0.477 e. The molecule has 0 bridgehead atoms. The molecule has 7 heteroatoms. The Morgan fingerprint density at radius 3 is 2.84 bits per heavy atom. The lowest BCUT2D eigenvalue weighted by Crippen LogP contribution is -2.05. The average Bonchev–Trinajstić information content (AvgIpc) is 2.85. The zero-order valence-electron chi connectivity index (χ0n) is 10.6. The molecule has 2 aromatic heterocycles. The third-order valence-electron chi connectivity index (χ3n) is 2.37. The first kappa shape index (κ1) is 13.4. The van der Waals surface area contributed by atoms with Crippen LogP contribution in [-0.4, -0.2) is 26.3 Å². The zero-order chi connectivity index (χ0) is 13.8. The van der Waals surface area contributed by atoms with Gasteiger partial charge in [0, 0.05) is 5.92 Å². The fourth-order valence-corrected chi connectivity index (χ4v) is 2.17. The molecule has 19 heavy (non-hydrogen) atoms. The minimum absolute atomic E-state index is 0.0186. The lowest BCUT2D eigenvalue weighted by molar-refractivity contribution is 0.0690. The van der Waals surface area contributed by atoms with Crippen LogP contribution in [0.5, 0.6) is 0 Å². The summed E-state index contributed by atoms with van der Waals surface area (Å²) in [6.45, 7) is 4.62. The van der Waals surface area contributed by atoms with E-state index in [-0.39, 0.29) is 5.69 Å². The van der Waals surface area contributed by atoms with E-state index >= 15 is 0 Å². The first-order valence-corrected chi connectivity index (χ1v) is 6.64. The Morgan fingerprint density at radius 2 is 2.21 bits per heavy atom. The summed E-state index contributed by atoms with van der Waals surface area (Å²) >= 11 is 1.54. The zero-order valence-corrected chi connectivity index (χ0v) is 11.4. The highest BCUT2D eigenvalue weighted by molar-refractivity contribution is 7.11. The molecule has 2 N–H and O–H groups in total. The number of hydrogen-bond acceptors (Lipinski definition) is 6. The second-order valence-electron chi connectivity index (χ2n) is 4.26. The van der Waals surface area contributed by atoms with Crippen molar-refractivity contribution < 1.29 is 9.90 Å². The Balaban J connectivity index is 2.01. The summed E-state index contributed by atoms with van der Waals surface area (Å²) in [5, 5.41) is 21.9. The Hall–Kier alpha value is -2.02. The van der Waals surface area contributed by atoms with Gasteiger partial charge in [-0.15, -0.1) is 10.2 Å². The normalized spacial score (nSPS) is 10.7. The van der Waals surface area contributed by atoms with Gasteiger partial charge in [-0.2, -0.15) is 0 Å². The number of carboxylic acids is 1. The summed E-state index contributed by atoms with van der Waals surface area (Å²) in [6.07, 6.45) is 0. The third kappa shape index (κ3) is 3.47. The molecule has 0 aliphatic heterocycles. The molecule has 2 heterocycles. The molecular weight excluding hydrogens is 264 g/mol. The molecule has 0 saturated carbocycles. The van der Waals surface area contributed by atoms with Crippen LogP contribution in [0.25, 0.3) is 0 Å². The van der Waals surface area contributed by atoms with Crippen molar-refractivity contribution in [1.29, 1.82) is 0 Å². The summed E-state index contributed by atoms with van der Waals surface area (Å²) in [4.78, 5) is 14.8. The maximum absolute atomic E-state index is 10.8. The number of carboxylic acid groups (broad SMARTS) is 1. The number of aromatic nitrogens is 3. The lowest BCUT2D eigenvalue weighted by atomic mass is 10.2. The molecule has 100 valence electrons. The van der Waals surface area contributed by atoms with Crippen molar-refractivity contribution in [3.8, 4) is 0 Å². The van der Waals surface area contributed by atoms with Gasteiger partial charge in [0.15, 0.2) is 5.69 Å². The van der Waals surface area contributed by atoms with Crippen LogP contribution in [-0.2, 0) is 6.54 Å². The van der Waals surface area contributed by atoms with Gasteiger partial charge in [0.2, 0.25) is 0 Å². The van der Waals surface area contributed by atoms with Crippen LogP contribution in [0.3, 0.4) is 0 Å². The highest BCUT2D eigenvalue weighted by Crippen LogP contribution is 2.19. The number of nitrogens with zero attached hydrogens (tertiary/aromatic N) is 3. The molecule has 0 fully saturated rings. The summed E-state index contributed by atoms with van der Waals surface area (Å²) in [5.74, 6) is -0.164. The predicted molar refractivity (Wildman–Crippen MR) is 72.5 cm³/mol. The van der Waals surface area contributed by atoms with E-state index in [0.717, 1.165) is 10.0 Å². The lowest BCUT2D eigenvalue weighted by Gasteiger charge is -2.03. The molecule has 0 amide bonds. The largest absolute Gasteiger partial charge is 0.477 e. The van der Waals surface area contributed by atoms with E-state index in [9.17, 15) is 4.79 Å². The van der Waals surface area contributed by atoms with Gasteiger partial charge in [-0.05, 0) is 12.1 Å². The van der Waals surface area contributed by atoms with E-state index in [0.29, 0.717) is 18.3 Å². The van der Waals surface area contributed by atoms with Crippen LogP contribution < -0.4 is 5.32 Å². The van der Waals surface area contributed by atoms with Crippen LogP contribution in [0, 0.1) is 0 Å². The Labute approximate surface area is 114 Å². The minimum atomic E-state index is -1.04. The third-order valence-corrected chi connectivity index (χ3v) is 3.59. The predicted octanol–water partition coefficient (Wildman–Crippen LogP) is 2.37. The monoisotopic (exact) mass is 278 g/mol. The van der Waals surface area contributed by atoms with E-state index in [1.807, 2.05) is 0 Å². The van der Waals surface area contributed by atoms with Gasteiger partial charge in [-0.25, -0.2) is 9.78 Å². The quantitative estimate of drug-likeness (QED) is 0.873. The van der Waals surface area contributed by atoms with E-state index in [4.69, 9.17) is 5.11 Å². The fourth-order valence-electron chi connectivity index (χ4n) is 1.39. The van der Waals surface area contributed by atoms with Gasteiger partial charge < -0.3 is 10.4 Å². The van der Waals surface area contributed by atoms with Crippen molar-refractivity contribution in [3.63, 3.8) is 0 Å². The number of carbonyl (C=O) groups is 1. The molecule has 0 radical (unpaired) electrons. The molecule has 0 aromatic carbocycles. The molecule has 2 rings (SSSR count). The van der Waals surface area contributed by atoms with Gasteiger partial charge in [-0.3, -0.25) is 0 Å². The Bertz CT molecular complexity index is 583. The molecule has 0 aliphatic rings. The summed E-state index contributed by atoms with van der Waals surface area (Å²) in [7, 11) is 0. The number of pyridine rings is 1. The fraction of sp³-hybridized carbons (Fsp3) is 0.333. The van der Waals surface area contributed by atoms with E-state index in [2.05, 4.69) is 34.3 Å². The van der Waals surface area contributed by atoms with Crippen LogP contribution in [0.4, 0.5) is 5.82 Å². The van der Waals surface area contributed by atoms with Gasteiger partial charge in [-0.1, -0.05) is 31.3 Å². The maximum atomic E-state index is 10.8. The number of rotatable bonds is 5. The van der Waals surface area contributed by atoms with Crippen molar-refractivity contribution in [3.05, 3.63) is 33.9 Å². The van der Waals surface area contributed by atoms with Crippen LogP contribution in [0.15, 0.2) is 18.2 Å². The second-order valence-corrected chi connectivity index (χ2v) is 5.35. The standard InChI is InChI=1S/C12H14N4O2S/c1-7(2)11-16-15-10(19-11)6-13-9-5-3-4-8(14-9)12(17)18/h3-5,7H,6H2,1-2H3,(H,13,14)(H,17,18).